The van der Waals surface area contributed by atoms with Crippen LogP contribution >= 0.6 is 0 Å². The minimum atomic E-state index is -4.54. The van der Waals surface area contributed by atoms with Gasteiger partial charge in [0.2, 0.25) is 10.0 Å². The third kappa shape index (κ3) is 3.93. The lowest BCUT2D eigenvalue weighted by Crippen LogP contribution is -2.27. The van der Waals surface area contributed by atoms with Crippen LogP contribution in [0.4, 0.5) is 17.6 Å². The predicted molar refractivity (Wildman–Crippen MR) is 81.2 cm³/mol. The van der Waals surface area contributed by atoms with Crippen molar-refractivity contribution in [2.24, 2.45) is 0 Å². The zero-order chi connectivity index (χ0) is 18.1. The summed E-state index contributed by atoms with van der Waals surface area (Å²) in [6.07, 6.45) is -4.54. The second-order valence-electron chi connectivity index (χ2n) is 5.37. The first-order valence-corrected chi connectivity index (χ1v) is 8.34. The maximum Gasteiger partial charge on any atom is 0.416 e. The first-order valence-electron chi connectivity index (χ1n) is 6.90. The molecule has 24 heavy (non-hydrogen) atoms. The summed E-state index contributed by atoms with van der Waals surface area (Å²) in [5.74, 6) is -0.496. The molecule has 2 aromatic carbocycles. The molecule has 0 fully saturated rings. The van der Waals surface area contributed by atoms with Crippen molar-refractivity contribution in [2.45, 2.75) is 24.5 Å². The summed E-state index contributed by atoms with van der Waals surface area (Å²) < 4.78 is 77.3. The molecule has 0 N–H and O–H groups in total. The number of hydrogen-bond donors (Lipinski definition) is 0. The molecule has 8 heteroatoms. The summed E-state index contributed by atoms with van der Waals surface area (Å²) in [7, 11) is -2.71. The van der Waals surface area contributed by atoms with Crippen molar-refractivity contribution in [3.8, 4) is 0 Å². The predicted octanol–water partition coefficient (Wildman–Crippen LogP) is 3.97. The lowest BCUT2D eigenvalue weighted by Gasteiger charge is -2.19. The number of sulfonamides is 1. The maximum atomic E-state index is 13.2. The number of nitrogens with zero attached hydrogens (tertiary/aromatic N) is 1. The van der Waals surface area contributed by atoms with Crippen molar-refractivity contribution in [1.82, 2.24) is 4.31 Å². The highest BCUT2D eigenvalue weighted by atomic mass is 32.2. The van der Waals surface area contributed by atoms with Crippen LogP contribution in [0.25, 0.3) is 0 Å². The molecule has 0 saturated carbocycles. The fraction of sp³-hybridized carbons (Fsp3) is 0.250. The van der Waals surface area contributed by atoms with E-state index in [2.05, 4.69) is 0 Å². The monoisotopic (exact) mass is 361 g/mol. The van der Waals surface area contributed by atoms with E-state index in [4.69, 9.17) is 0 Å². The quantitative estimate of drug-likeness (QED) is 0.773. The molecule has 0 saturated heterocycles. The normalized spacial score (nSPS) is 12.6. The molecule has 0 unspecified atom stereocenters. The Bertz CT molecular complexity index is 847. The first kappa shape index (κ1) is 18.4. The molecule has 2 rings (SSSR count). The van der Waals surface area contributed by atoms with Crippen LogP contribution in [-0.2, 0) is 22.7 Å². The second-order valence-corrected chi connectivity index (χ2v) is 7.38. The van der Waals surface area contributed by atoms with Crippen molar-refractivity contribution in [1.29, 1.82) is 0 Å². The highest BCUT2D eigenvalue weighted by molar-refractivity contribution is 7.89. The zero-order valence-electron chi connectivity index (χ0n) is 12.9. The van der Waals surface area contributed by atoms with Crippen LogP contribution in [0.3, 0.4) is 0 Å². The molecular formula is C16H15F4NO2S. The average molecular weight is 361 g/mol. The number of aryl methyl sites for hydroxylation is 1. The summed E-state index contributed by atoms with van der Waals surface area (Å²) in [5, 5.41) is 0. The van der Waals surface area contributed by atoms with Crippen LogP contribution in [0, 0.1) is 12.7 Å². The summed E-state index contributed by atoms with van der Waals surface area (Å²) in [6, 6.07) is 7.92. The standard InChI is InChI=1S/C16H15F4NO2S/c1-11-8-13(16(18,19)20)6-7-15(11)24(22,23)21(2)10-12-4-3-5-14(17)9-12/h3-9H,10H2,1-2H3. The Labute approximate surface area is 137 Å². The Kier molecular flexibility index (Phi) is 5.00. The molecule has 3 nitrogen and oxygen atoms in total. The molecule has 0 spiro atoms. The van der Waals surface area contributed by atoms with E-state index in [1.54, 1.807) is 6.07 Å². The number of alkyl halides is 3. The topological polar surface area (TPSA) is 37.4 Å². The van der Waals surface area contributed by atoms with E-state index >= 15 is 0 Å². The fourth-order valence-electron chi connectivity index (χ4n) is 2.26. The van der Waals surface area contributed by atoms with Crippen molar-refractivity contribution >= 4 is 10.0 Å². The molecular weight excluding hydrogens is 346 g/mol. The van der Waals surface area contributed by atoms with Crippen molar-refractivity contribution in [2.75, 3.05) is 7.05 Å². The highest BCUT2D eigenvalue weighted by Gasteiger charge is 2.32. The van der Waals surface area contributed by atoms with Crippen molar-refractivity contribution < 1.29 is 26.0 Å². The van der Waals surface area contributed by atoms with Gasteiger partial charge >= 0.3 is 6.18 Å². The molecule has 0 heterocycles. The Morgan fingerprint density at radius 1 is 1.08 bits per heavy atom. The molecule has 0 aliphatic carbocycles. The minimum Gasteiger partial charge on any atom is -0.207 e. The van der Waals surface area contributed by atoms with E-state index in [1.807, 2.05) is 0 Å². The number of hydrogen-bond acceptors (Lipinski definition) is 2. The summed E-state index contributed by atoms with van der Waals surface area (Å²) in [6.45, 7) is 1.21. The van der Waals surface area contributed by atoms with Crippen LogP contribution in [0.1, 0.15) is 16.7 Å². The smallest absolute Gasteiger partial charge is 0.207 e. The van der Waals surface area contributed by atoms with E-state index < -0.39 is 27.6 Å². The van der Waals surface area contributed by atoms with Gasteiger partial charge in [0.15, 0.2) is 0 Å². The fourth-order valence-corrected chi connectivity index (χ4v) is 3.62. The van der Waals surface area contributed by atoms with Gasteiger partial charge in [0, 0.05) is 13.6 Å². The summed E-state index contributed by atoms with van der Waals surface area (Å²) in [5.41, 5.74) is -0.478. The van der Waals surface area contributed by atoms with Crippen LogP contribution in [0.2, 0.25) is 0 Å². The molecule has 0 aliphatic heterocycles. The molecule has 0 aromatic heterocycles. The maximum absolute atomic E-state index is 13.2. The zero-order valence-corrected chi connectivity index (χ0v) is 13.7. The summed E-state index contributed by atoms with van der Waals surface area (Å²) >= 11 is 0. The van der Waals surface area contributed by atoms with Gasteiger partial charge < -0.3 is 0 Å². The highest BCUT2D eigenvalue weighted by Crippen LogP contribution is 2.32. The molecule has 0 radical (unpaired) electrons. The summed E-state index contributed by atoms with van der Waals surface area (Å²) in [4.78, 5) is -0.214. The molecule has 130 valence electrons. The van der Waals surface area contributed by atoms with E-state index in [0.29, 0.717) is 5.56 Å². The minimum absolute atomic E-state index is 0.00378. The van der Waals surface area contributed by atoms with Gasteiger partial charge in [-0.05, 0) is 48.4 Å². The lowest BCUT2D eigenvalue weighted by molar-refractivity contribution is -0.137. The Morgan fingerprint density at radius 3 is 2.29 bits per heavy atom. The molecule has 0 bridgehead atoms. The van der Waals surface area contributed by atoms with Gasteiger partial charge in [-0.25, -0.2) is 12.8 Å². The van der Waals surface area contributed by atoms with Crippen LogP contribution in [-0.4, -0.2) is 19.8 Å². The molecule has 0 amide bonds. The second kappa shape index (κ2) is 6.52. The van der Waals surface area contributed by atoms with E-state index in [1.165, 1.54) is 32.2 Å². The van der Waals surface area contributed by atoms with E-state index in [9.17, 15) is 26.0 Å². The van der Waals surface area contributed by atoms with Gasteiger partial charge in [-0.2, -0.15) is 17.5 Å². The van der Waals surface area contributed by atoms with Crippen LogP contribution < -0.4 is 0 Å². The largest absolute Gasteiger partial charge is 0.416 e. The van der Waals surface area contributed by atoms with Gasteiger partial charge in [0.1, 0.15) is 5.82 Å². The van der Waals surface area contributed by atoms with Gasteiger partial charge in [-0.3, -0.25) is 0 Å². The van der Waals surface area contributed by atoms with Gasteiger partial charge in [-0.15, -0.1) is 0 Å². The van der Waals surface area contributed by atoms with Crippen molar-refractivity contribution in [3.63, 3.8) is 0 Å². The van der Waals surface area contributed by atoms with Gasteiger partial charge in [-0.1, -0.05) is 12.1 Å². The van der Waals surface area contributed by atoms with Crippen LogP contribution in [0.5, 0.6) is 0 Å². The molecule has 0 aliphatic rings. The first-order chi connectivity index (χ1) is 11.0. The molecule has 0 atom stereocenters. The van der Waals surface area contributed by atoms with Crippen LogP contribution in [0.15, 0.2) is 47.4 Å². The lowest BCUT2D eigenvalue weighted by atomic mass is 10.1. The van der Waals surface area contributed by atoms with E-state index in [0.717, 1.165) is 22.5 Å². The Hall–Kier alpha value is -1.93. The van der Waals surface area contributed by atoms with Crippen molar-refractivity contribution in [3.05, 3.63) is 65.0 Å². The third-order valence-electron chi connectivity index (χ3n) is 3.48. The van der Waals surface area contributed by atoms with Gasteiger partial charge in [0.05, 0.1) is 10.5 Å². The average Bonchev–Trinajstić information content (AvgIpc) is 2.45. The Balaban J connectivity index is 2.33. The third-order valence-corrected chi connectivity index (χ3v) is 5.45. The number of rotatable bonds is 4. The SMILES string of the molecule is Cc1cc(C(F)(F)F)ccc1S(=O)(=O)N(C)Cc1cccc(F)c1. The van der Waals surface area contributed by atoms with Gasteiger partial charge in [0.25, 0.3) is 0 Å². The Morgan fingerprint density at radius 2 is 1.75 bits per heavy atom. The molecule has 2 aromatic rings. The number of benzene rings is 2. The van der Waals surface area contributed by atoms with E-state index in [-0.39, 0.29) is 17.0 Å². The number of halogens is 4.